The molecule has 4 N–H and O–H groups in total. The molecule has 1 amide bonds. The number of carbonyl (C=O) groups excluding carboxylic acids is 1. The minimum atomic E-state index is -0.464. The van der Waals surface area contributed by atoms with Crippen molar-refractivity contribution in [3.05, 3.63) is 92.4 Å². The van der Waals surface area contributed by atoms with Crippen LogP contribution >= 0.6 is 0 Å². The normalized spacial score (nSPS) is 10.7. The van der Waals surface area contributed by atoms with E-state index in [9.17, 15) is 25.0 Å². The number of amides is 1. The maximum Gasteiger partial charge on any atom is 0.271 e. The summed E-state index contributed by atoms with van der Waals surface area (Å²) in [5.41, 5.74) is 4.34. The lowest BCUT2D eigenvalue weighted by Crippen LogP contribution is -2.11. The van der Waals surface area contributed by atoms with Gasteiger partial charge in [-0.3, -0.25) is 35.2 Å². The molecule has 0 spiro atoms. The quantitative estimate of drug-likeness (QED) is 0.0668. The molecule has 6 rings (SSSR count). The zero-order chi connectivity index (χ0) is 33.1. The summed E-state index contributed by atoms with van der Waals surface area (Å²) in [5, 5.41) is 39.6. The topological polar surface area (TPSA) is 201 Å². The van der Waals surface area contributed by atoms with Crippen LogP contribution in [0.5, 0.6) is 0 Å². The van der Waals surface area contributed by atoms with Crippen LogP contribution in [-0.4, -0.2) is 46.1 Å². The minimum Gasteiger partial charge on any atom is -0.342 e. The lowest BCUT2D eigenvalue weighted by Gasteiger charge is -2.03. The number of unbranched alkanes of at least 4 members (excludes halogenated alkanes) is 5. The number of hydrogen-bond donors (Lipinski definition) is 4. The predicted octanol–water partition coefficient (Wildman–Crippen LogP) is 7.81. The Morgan fingerprint density at radius 3 is 2.22 bits per heavy atom. The number of benzene rings is 3. The van der Waals surface area contributed by atoms with Crippen LogP contribution in [0.15, 0.2) is 60.7 Å². The van der Waals surface area contributed by atoms with Gasteiger partial charge in [-0.05, 0) is 38.5 Å². The van der Waals surface area contributed by atoms with Gasteiger partial charge in [-0.2, -0.15) is 10.2 Å². The Hall–Kier alpha value is -5.66. The molecular formula is C32H37N9O5. The van der Waals surface area contributed by atoms with E-state index in [1.54, 1.807) is 12.1 Å². The van der Waals surface area contributed by atoms with Crippen LogP contribution in [0.3, 0.4) is 0 Å². The maximum atomic E-state index is 12.0. The summed E-state index contributed by atoms with van der Waals surface area (Å²) in [7, 11) is 0. The lowest BCUT2D eigenvalue weighted by atomic mass is 10.1. The van der Waals surface area contributed by atoms with Crippen LogP contribution in [0.4, 0.5) is 17.2 Å². The highest BCUT2D eigenvalue weighted by molar-refractivity contribution is 6.00. The first-order chi connectivity index (χ1) is 22.2. The van der Waals surface area contributed by atoms with Gasteiger partial charge in [0, 0.05) is 41.8 Å². The highest BCUT2D eigenvalue weighted by atomic mass is 16.6. The summed E-state index contributed by atoms with van der Waals surface area (Å²) >= 11 is 0. The van der Waals surface area contributed by atoms with Gasteiger partial charge in [0.05, 0.1) is 37.3 Å². The van der Waals surface area contributed by atoms with Crippen molar-refractivity contribution in [1.82, 2.24) is 30.4 Å². The molecular weight excluding hydrogens is 590 g/mol. The van der Waals surface area contributed by atoms with Crippen molar-refractivity contribution in [3.8, 4) is 0 Å². The molecule has 0 bridgehead atoms. The number of aromatic amines is 3. The monoisotopic (exact) mass is 627 g/mol. The van der Waals surface area contributed by atoms with E-state index in [4.69, 9.17) is 0 Å². The van der Waals surface area contributed by atoms with Crippen molar-refractivity contribution in [2.75, 3.05) is 5.32 Å². The molecule has 14 nitrogen and oxygen atoms in total. The Morgan fingerprint density at radius 1 is 0.783 bits per heavy atom. The fourth-order valence-corrected chi connectivity index (χ4v) is 4.80. The highest BCUT2D eigenvalue weighted by Gasteiger charge is 2.13. The summed E-state index contributed by atoms with van der Waals surface area (Å²) in [6.07, 6.45) is 7.14. The lowest BCUT2D eigenvalue weighted by molar-refractivity contribution is -0.384. The average molecular weight is 628 g/mol. The molecule has 0 atom stereocenters. The SMILES string of the molecule is CCCCCCCCC(=O)Nc1n[nH]c2ccc([N+](=O)[O-])cc12.Cc1[nH]nc2ccccc12.Cc1nc2ccc([N+](=O)[O-])cc2[nH]1. The minimum absolute atomic E-state index is 0.0228. The summed E-state index contributed by atoms with van der Waals surface area (Å²) in [4.78, 5) is 39.4. The summed E-state index contributed by atoms with van der Waals surface area (Å²) in [6.45, 7) is 6.01. The highest BCUT2D eigenvalue weighted by Crippen LogP contribution is 2.25. The van der Waals surface area contributed by atoms with Gasteiger partial charge in [0.2, 0.25) is 5.91 Å². The fraction of sp³-hybridized carbons (Fsp3) is 0.312. The number of nitro benzene ring substituents is 2. The maximum absolute atomic E-state index is 12.0. The molecule has 14 heteroatoms. The largest absolute Gasteiger partial charge is 0.342 e. The van der Waals surface area contributed by atoms with Crippen LogP contribution in [0, 0.1) is 34.1 Å². The first kappa shape index (κ1) is 33.2. The molecule has 240 valence electrons. The fourth-order valence-electron chi connectivity index (χ4n) is 4.80. The third-order valence-corrected chi connectivity index (χ3v) is 7.22. The number of non-ortho nitro benzene ring substituents is 2. The second-order valence-electron chi connectivity index (χ2n) is 10.8. The van der Waals surface area contributed by atoms with Crippen molar-refractivity contribution < 1.29 is 14.6 Å². The van der Waals surface area contributed by atoms with Crippen LogP contribution in [-0.2, 0) is 4.79 Å². The number of aromatic nitrogens is 6. The summed E-state index contributed by atoms with van der Waals surface area (Å²) in [6, 6.07) is 17.0. The average Bonchev–Trinajstić information content (AvgIpc) is 3.74. The molecule has 0 unspecified atom stereocenters. The van der Waals surface area contributed by atoms with E-state index >= 15 is 0 Å². The first-order valence-electron chi connectivity index (χ1n) is 15.1. The number of anilines is 1. The molecule has 0 saturated carbocycles. The third-order valence-electron chi connectivity index (χ3n) is 7.22. The smallest absolute Gasteiger partial charge is 0.271 e. The van der Waals surface area contributed by atoms with Gasteiger partial charge >= 0.3 is 0 Å². The molecule has 0 aliphatic carbocycles. The van der Waals surface area contributed by atoms with Gasteiger partial charge in [-0.15, -0.1) is 0 Å². The third kappa shape index (κ3) is 8.94. The molecule has 3 aromatic heterocycles. The van der Waals surface area contributed by atoms with E-state index < -0.39 is 9.85 Å². The molecule has 0 aliphatic heterocycles. The number of H-pyrrole nitrogens is 3. The molecule has 0 saturated heterocycles. The molecule has 0 radical (unpaired) electrons. The van der Waals surface area contributed by atoms with Crippen molar-refractivity contribution in [3.63, 3.8) is 0 Å². The number of nitrogens with zero attached hydrogens (tertiary/aromatic N) is 5. The number of aryl methyl sites for hydroxylation is 2. The van der Waals surface area contributed by atoms with E-state index in [0.717, 1.165) is 41.8 Å². The molecule has 0 fully saturated rings. The Balaban J connectivity index is 0.000000174. The zero-order valence-corrected chi connectivity index (χ0v) is 26.0. The van der Waals surface area contributed by atoms with E-state index in [2.05, 4.69) is 48.7 Å². The van der Waals surface area contributed by atoms with Gasteiger partial charge in [-0.25, -0.2) is 4.98 Å². The van der Waals surface area contributed by atoms with Crippen molar-refractivity contribution >= 4 is 55.9 Å². The second kappa shape index (κ2) is 15.9. The Bertz CT molecular complexity index is 1940. The summed E-state index contributed by atoms with van der Waals surface area (Å²) < 4.78 is 0. The number of hydrogen-bond acceptors (Lipinski definition) is 8. The van der Waals surface area contributed by atoms with Gasteiger partial charge in [-0.1, -0.05) is 57.2 Å². The van der Waals surface area contributed by atoms with E-state index in [0.29, 0.717) is 28.7 Å². The van der Waals surface area contributed by atoms with E-state index in [-0.39, 0.29) is 17.3 Å². The zero-order valence-electron chi connectivity index (χ0n) is 26.0. The van der Waals surface area contributed by atoms with E-state index in [1.165, 1.54) is 48.9 Å². The van der Waals surface area contributed by atoms with Gasteiger partial charge < -0.3 is 10.3 Å². The number of carbonyl (C=O) groups is 1. The number of rotatable bonds is 10. The molecule has 0 aliphatic rings. The molecule has 6 aromatic rings. The van der Waals surface area contributed by atoms with Gasteiger partial charge in [0.1, 0.15) is 5.82 Å². The Kier molecular flexibility index (Phi) is 11.5. The number of fused-ring (bicyclic) bond motifs is 3. The molecule has 46 heavy (non-hydrogen) atoms. The Morgan fingerprint density at radius 2 is 1.48 bits per heavy atom. The first-order valence-corrected chi connectivity index (χ1v) is 15.1. The van der Waals surface area contributed by atoms with Crippen molar-refractivity contribution in [2.45, 2.75) is 65.7 Å². The number of imidazole rings is 1. The van der Waals surface area contributed by atoms with Crippen LogP contribution in [0.2, 0.25) is 0 Å². The molecule has 3 heterocycles. The molecule has 3 aromatic carbocycles. The number of para-hydroxylation sites is 1. The van der Waals surface area contributed by atoms with Crippen LogP contribution in [0.1, 0.15) is 63.4 Å². The summed E-state index contributed by atoms with van der Waals surface area (Å²) in [5.74, 6) is 0.996. The number of nitro groups is 2. The van der Waals surface area contributed by atoms with Crippen molar-refractivity contribution in [2.24, 2.45) is 0 Å². The van der Waals surface area contributed by atoms with E-state index in [1.807, 2.05) is 32.0 Å². The van der Waals surface area contributed by atoms with Crippen molar-refractivity contribution in [1.29, 1.82) is 0 Å². The Labute approximate surface area is 264 Å². The van der Waals surface area contributed by atoms with Gasteiger partial charge in [0.15, 0.2) is 5.82 Å². The predicted molar refractivity (Wildman–Crippen MR) is 178 cm³/mol. The second-order valence-corrected chi connectivity index (χ2v) is 10.8. The standard InChI is InChI=1S/C16H22N4O3.C8H7N3O2.C8H8N2/c1-2-3-4-5-6-7-8-15(21)17-16-13-11-12(20(22)23)9-10-14(13)18-19-16;1-5-9-7-3-2-6(11(12)13)4-8(7)10-5;1-6-7-4-2-3-5-8(7)10-9-6/h9-11H,2-8H2,1H3,(H2,17,18,19,21);2-4H,1H3,(H,9,10);2-5H,1H3,(H,9,10). The van der Waals surface area contributed by atoms with Crippen LogP contribution in [0.25, 0.3) is 32.8 Å². The number of nitrogens with one attached hydrogen (secondary N) is 4. The van der Waals surface area contributed by atoms with Gasteiger partial charge in [0.25, 0.3) is 11.4 Å². The van der Waals surface area contributed by atoms with Crippen LogP contribution < -0.4 is 5.32 Å².